The predicted molar refractivity (Wildman–Crippen MR) is 150 cm³/mol. The number of nitrogens with zero attached hydrogens (tertiary/aromatic N) is 3. The highest BCUT2D eigenvalue weighted by Crippen LogP contribution is 2.35. The molecular formula is C31H42N4O3. The SMILES string of the molecule is COC(CCCNC(=O)c1ccccc1O)C1CCC(CCN2CCN(c3cccc(C#N)c3)CC2)CC1. The van der Waals surface area contributed by atoms with Gasteiger partial charge >= 0.3 is 0 Å². The number of rotatable bonds is 11. The fourth-order valence-electron chi connectivity index (χ4n) is 6.03. The van der Waals surface area contributed by atoms with E-state index in [1.165, 1.54) is 44.7 Å². The second-order valence-corrected chi connectivity index (χ2v) is 10.7. The van der Waals surface area contributed by atoms with Gasteiger partial charge in [0.05, 0.1) is 23.3 Å². The molecule has 1 aliphatic carbocycles. The maximum atomic E-state index is 12.3. The van der Waals surface area contributed by atoms with E-state index in [2.05, 4.69) is 27.3 Å². The van der Waals surface area contributed by atoms with Crippen molar-refractivity contribution in [3.8, 4) is 11.8 Å². The van der Waals surface area contributed by atoms with Crippen LogP contribution in [0.5, 0.6) is 5.75 Å². The van der Waals surface area contributed by atoms with Crippen LogP contribution >= 0.6 is 0 Å². The Labute approximate surface area is 227 Å². The second kappa shape index (κ2) is 14.2. The number of hydrogen-bond donors (Lipinski definition) is 2. The first kappa shape index (κ1) is 27.9. The number of methoxy groups -OCH3 is 1. The Morgan fingerprint density at radius 1 is 1.11 bits per heavy atom. The van der Waals surface area contributed by atoms with Crippen molar-refractivity contribution in [2.75, 3.05) is 51.3 Å². The molecule has 2 aliphatic rings. The van der Waals surface area contributed by atoms with Crippen LogP contribution in [0.2, 0.25) is 0 Å². The number of ether oxygens (including phenoxy) is 1. The number of anilines is 1. The summed E-state index contributed by atoms with van der Waals surface area (Å²) in [6.45, 7) is 5.95. The Morgan fingerprint density at radius 3 is 2.58 bits per heavy atom. The summed E-state index contributed by atoms with van der Waals surface area (Å²) in [7, 11) is 1.81. The van der Waals surface area contributed by atoms with Crippen LogP contribution in [0.4, 0.5) is 5.69 Å². The Hall–Kier alpha value is -3.08. The van der Waals surface area contributed by atoms with Crippen LogP contribution in [0.1, 0.15) is 60.9 Å². The summed E-state index contributed by atoms with van der Waals surface area (Å²) < 4.78 is 5.87. The number of nitrogens with one attached hydrogen (secondary N) is 1. The molecule has 1 unspecified atom stereocenters. The Balaban J connectivity index is 1.10. The minimum Gasteiger partial charge on any atom is -0.507 e. The molecule has 0 radical (unpaired) electrons. The summed E-state index contributed by atoms with van der Waals surface area (Å²) in [6, 6.07) is 16.8. The molecule has 2 fully saturated rings. The van der Waals surface area contributed by atoms with Gasteiger partial charge in [0.1, 0.15) is 5.75 Å². The van der Waals surface area contributed by atoms with E-state index in [9.17, 15) is 9.90 Å². The summed E-state index contributed by atoms with van der Waals surface area (Å²) in [5.74, 6) is 1.18. The summed E-state index contributed by atoms with van der Waals surface area (Å²) in [5, 5.41) is 21.9. The lowest BCUT2D eigenvalue weighted by Gasteiger charge is -2.38. The van der Waals surface area contributed by atoms with Crippen LogP contribution in [0.25, 0.3) is 0 Å². The third-order valence-electron chi connectivity index (χ3n) is 8.39. The lowest BCUT2D eigenvalue weighted by Crippen LogP contribution is -2.47. The third kappa shape index (κ3) is 7.72. The van der Waals surface area contributed by atoms with Crippen LogP contribution < -0.4 is 10.2 Å². The van der Waals surface area contributed by atoms with E-state index in [1.807, 2.05) is 25.3 Å². The fraction of sp³-hybridized carbons (Fsp3) is 0.548. The summed E-state index contributed by atoms with van der Waals surface area (Å²) in [4.78, 5) is 17.3. The average Bonchev–Trinajstić information content (AvgIpc) is 2.97. The van der Waals surface area contributed by atoms with E-state index in [1.54, 1.807) is 18.2 Å². The van der Waals surface area contributed by atoms with Crippen LogP contribution in [-0.2, 0) is 4.74 Å². The molecule has 2 N–H and O–H groups in total. The number of phenols is 1. The third-order valence-corrected chi connectivity index (χ3v) is 8.39. The van der Waals surface area contributed by atoms with E-state index < -0.39 is 0 Å². The van der Waals surface area contributed by atoms with Crippen molar-refractivity contribution in [3.63, 3.8) is 0 Å². The monoisotopic (exact) mass is 518 g/mol. The Bertz CT molecular complexity index is 1070. The van der Waals surface area contributed by atoms with Crippen LogP contribution in [0.15, 0.2) is 48.5 Å². The van der Waals surface area contributed by atoms with Crippen molar-refractivity contribution in [1.82, 2.24) is 10.2 Å². The molecular weight excluding hydrogens is 476 g/mol. The molecule has 1 amide bonds. The first-order valence-corrected chi connectivity index (χ1v) is 14.1. The molecule has 1 saturated heterocycles. The molecule has 4 rings (SSSR count). The first-order chi connectivity index (χ1) is 18.6. The van der Waals surface area contributed by atoms with Crippen molar-refractivity contribution >= 4 is 11.6 Å². The number of benzene rings is 2. The number of para-hydroxylation sites is 1. The zero-order valence-electron chi connectivity index (χ0n) is 22.6. The minimum absolute atomic E-state index is 0.0149. The van der Waals surface area contributed by atoms with Crippen LogP contribution in [0.3, 0.4) is 0 Å². The predicted octanol–water partition coefficient (Wildman–Crippen LogP) is 4.81. The maximum absolute atomic E-state index is 12.3. The first-order valence-electron chi connectivity index (χ1n) is 14.1. The highest BCUT2D eigenvalue weighted by atomic mass is 16.5. The highest BCUT2D eigenvalue weighted by molar-refractivity contribution is 5.96. The minimum atomic E-state index is -0.229. The van der Waals surface area contributed by atoms with E-state index in [-0.39, 0.29) is 17.8 Å². The molecule has 1 atom stereocenters. The molecule has 0 aromatic heterocycles. The van der Waals surface area contributed by atoms with Gasteiger partial charge in [-0.3, -0.25) is 9.69 Å². The smallest absolute Gasteiger partial charge is 0.255 e. The fourth-order valence-corrected chi connectivity index (χ4v) is 6.03. The normalized spacial score (nSPS) is 21.0. The molecule has 204 valence electrons. The van der Waals surface area contributed by atoms with Crippen LogP contribution in [-0.4, -0.2) is 68.4 Å². The summed E-state index contributed by atoms with van der Waals surface area (Å²) in [5.41, 5.74) is 2.21. The zero-order chi connectivity index (χ0) is 26.7. The van der Waals surface area contributed by atoms with Crippen molar-refractivity contribution in [3.05, 3.63) is 59.7 Å². The number of nitriles is 1. The van der Waals surface area contributed by atoms with E-state index in [0.717, 1.165) is 56.2 Å². The summed E-state index contributed by atoms with van der Waals surface area (Å²) in [6.07, 6.45) is 8.30. The quantitative estimate of drug-likeness (QED) is 0.415. The molecule has 2 aromatic rings. The van der Waals surface area contributed by atoms with Crippen LogP contribution in [0, 0.1) is 23.2 Å². The average molecular weight is 519 g/mol. The molecule has 0 spiro atoms. The van der Waals surface area contributed by atoms with E-state index in [4.69, 9.17) is 10.00 Å². The lowest BCUT2D eigenvalue weighted by atomic mass is 9.77. The molecule has 1 aliphatic heterocycles. The molecule has 1 heterocycles. The van der Waals surface area contributed by atoms with Gasteiger partial charge in [-0.2, -0.15) is 5.26 Å². The zero-order valence-corrected chi connectivity index (χ0v) is 22.6. The van der Waals surface area contributed by atoms with Gasteiger partial charge < -0.3 is 20.1 Å². The molecule has 7 heteroatoms. The van der Waals surface area contributed by atoms with Crippen molar-refractivity contribution in [2.45, 2.75) is 51.0 Å². The number of carbonyl (C=O) groups excluding carboxylic acids is 1. The Kier molecular flexibility index (Phi) is 10.4. The molecule has 1 saturated carbocycles. The number of piperazine rings is 1. The topological polar surface area (TPSA) is 88.8 Å². The van der Waals surface area contributed by atoms with Crippen molar-refractivity contribution in [1.29, 1.82) is 5.26 Å². The van der Waals surface area contributed by atoms with Gasteiger partial charge in [-0.15, -0.1) is 0 Å². The number of carbonyl (C=O) groups is 1. The molecule has 2 aromatic carbocycles. The number of hydrogen-bond acceptors (Lipinski definition) is 6. The van der Waals surface area contributed by atoms with Crippen molar-refractivity contribution < 1.29 is 14.6 Å². The Morgan fingerprint density at radius 2 is 1.87 bits per heavy atom. The van der Waals surface area contributed by atoms with Gasteiger partial charge in [0.2, 0.25) is 0 Å². The molecule has 7 nitrogen and oxygen atoms in total. The molecule has 0 bridgehead atoms. The van der Waals surface area contributed by atoms with Gasteiger partial charge in [0, 0.05) is 45.5 Å². The highest BCUT2D eigenvalue weighted by Gasteiger charge is 2.28. The number of aromatic hydroxyl groups is 1. The standard InChI is InChI=1S/C31H42N4O3/c1-38-30(10-5-16-33-31(37)28-8-2-3-9-29(28)36)26-13-11-24(12-14-26)15-17-34-18-20-35(21-19-34)27-7-4-6-25(22-27)23-32/h2-4,6-9,22,24,26,30,36H,5,10-21H2,1H3,(H,33,37). The largest absolute Gasteiger partial charge is 0.507 e. The lowest BCUT2D eigenvalue weighted by molar-refractivity contribution is 0.0212. The van der Waals surface area contributed by atoms with Gasteiger partial charge in [-0.25, -0.2) is 0 Å². The van der Waals surface area contributed by atoms with Gasteiger partial charge in [0.25, 0.3) is 5.91 Å². The van der Waals surface area contributed by atoms with E-state index in [0.29, 0.717) is 18.0 Å². The van der Waals surface area contributed by atoms with Gasteiger partial charge in [-0.1, -0.05) is 31.0 Å². The van der Waals surface area contributed by atoms with Gasteiger partial charge in [0.15, 0.2) is 0 Å². The summed E-state index contributed by atoms with van der Waals surface area (Å²) >= 11 is 0. The van der Waals surface area contributed by atoms with Gasteiger partial charge in [-0.05, 0) is 80.8 Å². The second-order valence-electron chi connectivity index (χ2n) is 10.7. The number of phenolic OH excluding ortho intramolecular Hbond substituents is 1. The maximum Gasteiger partial charge on any atom is 0.255 e. The number of amides is 1. The molecule has 38 heavy (non-hydrogen) atoms. The van der Waals surface area contributed by atoms with E-state index >= 15 is 0 Å². The van der Waals surface area contributed by atoms with Crippen molar-refractivity contribution in [2.24, 2.45) is 11.8 Å².